The van der Waals surface area contributed by atoms with E-state index < -0.39 is 5.97 Å². The van der Waals surface area contributed by atoms with Crippen molar-refractivity contribution in [1.29, 1.82) is 0 Å². The third kappa shape index (κ3) is 6.23. The molecule has 0 aromatic rings. The fourth-order valence-corrected chi connectivity index (χ4v) is 3.24. The predicted molar refractivity (Wildman–Crippen MR) is 83.0 cm³/mol. The summed E-state index contributed by atoms with van der Waals surface area (Å²) in [6.45, 7) is 6.59. The normalized spacial score (nSPS) is 24.4. The number of aliphatic carboxylic acids is 1. The summed E-state index contributed by atoms with van der Waals surface area (Å²) in [6, 6.07) is 0.454. The Labute approximate surface area is 124 Å². The number of carboxylic acid groups (broad SMARTS) is 1. The molecule has 0 heterocycles. The Balaban J connectivity index is 2.57. The summed E-state index contributed by atoms with van der Waals surface area (Å²) in [5, 5.41) is 9.14. The largest absolute Gasteiger partial charge is 0.480 e. The Hall–Kier alpha value is -0.610. The number of likely N-dealkylation sites (N-methyl/N-ethyl adjacent to an activating group) is 1. The first kappa shape index (κ1) is 17.4. The van der Waals surface area contributed by atoms with Gasteiger partial charge in [0.25, 0.3) is 0 Å². The molecule has 0 amide bonds. The van der Waals surface area contributed by atoms with Gasteiger partial charge in [0.15, 0.2) is 0 Å². The zero-order valence-corrected chi connectivity index (χ0v) is 13.6. The van der Waals surface area contributed by atoms with Crippen molar-refractivity contribution >= 4 is 5.97 Å². The maximum atomic E-state index is 11.1. The summed E-state index contributed by atoms with van der Waals surface area (Å²) in [6.07, 6.45) is 6.11. The summed E-state index contributed by atoms with van der Waals surface area (Å²) in [5.74, 6) is 0.873. The number of carbonyl (C=O) groups is 1. The minimum absolute atomic E-state index is 0.185. The molecule has 1 fully saturated rings. The van der Waals surface area contributed by atoms with Gasteiger partial charge in [0, 0.05) is 19.1 Å². The first-order valence-corrected chi connectivity index (χ1v) is 8.00. The predicted octanol–water partition coefficient (Wildman–Crippen LogP) is 2.54. The fraction of sp³-hybridized carbons (Fsp3) is 0.938. The SMILES string of the molecule is CC(C)C1CCCC(N(CCN(C)C)CC(=O)O)CC1. The number of carboxylic acids is 1. The maximum absolute atomic E-state index is 11.1. The topological polar surface area (TPSA) is 43.8 Å². The Morgan fingerprint density at radius 2 is 1.85 bits per heavy atom. The summed E-state index contributed by atoms with van der Waals surface area (Å²) < 4.78 is 0. The molecule has 20 heavy (non-hydrogen) atoms. The Morgan fingerprint density at radius 3 is 2.40 bits per heavy atom. The Kier molecular flexibility index (Phi) is 7.52. The maximum Gasteiger partial charge on any atom is 0.317 e. The molecular formula is C16H32N2O2. The molecule has 0 radical (unpaired) electrons. The van der Waals surface area contributed by atoms with Gasteiger partial charge < -0.3 is 10.0 Å². The molecule has 1 rings (SSSR count). The second-order valence-electron chi connectivity index (χ2n) is 6.83. The molecule has 1 N–H and O–H groups in total. The molecule has 0 bridgehead atoms. The van der Waals surface area contributed by atoms with E-state index >= 15 is 0 Å². The first-order valence-electron chi connectivity index (χ1n) is 8.00. The number of nitrogens with zero attached hydrogens (tertiary/aromatic N) is 2. The highest BCUT2D eigenvalue weighted by molar-refractivity contribution is 5.69. The summed E-state index contributed by atoms with van der Waals surface area (Å²) in [5.41, 5.74) is 0. The van der Waals surface area contributed by atoms with Gasteiger partial charge in [-0.3, -0.25) is 9.69 Å². The highest BCUT2D eigenvalue weighted by Crippen LogP contribution is 2.30. The Bertz CT molecular complexity index is 292. The van der Waals surface area contributed by atoms with Crippen LogP contribution in [-0.2, 0) is 4.79 Å². The van der Waals surface area contributed by atoms with E-state index in [0.717, 1.165) is 37.8 Å². The van der Waals surface area contributed by atoms with Crippen molar-refractivity contribution in [1.82, 2.24) is 9.80 Å². The molecule has 2 unspecified atom stereocenters. The first-order chi connectivity index (χ1) is 9.40. The van der Waals surface area contributed by atoms with E-state index in [1.54, 1.807) is 0 Å². The molecule has 0 aromatic heterocycles. The number of hydrogen-bond donors (Lipinski definition) is 1. The molecule has 1 aliphatic rings. The van der Waals surface area contributed by atoms with Crippen LogP contribution in [0.5, 0.6) is 0 Å². The minimum Gasteiger partial charge on any atom is -0.480 e. The summed E-state index contributed by atoms with van der Waals surface area (Å²) in [4.78, 5) is 15.4. The molecule has 1 aliphatic carbocycles. The van der Waals surface area contributed by atoms with E-state index in [2.05, 4.69) is 23.6 Å². The van der Waals surface area contributed by atoms with Crippen LogP contribution in [0.3, 0.4) is 0 Å². The molecule has 4 heteroatoms. The van der Waals surface area contributed by atoms with E-state index in [1.165, 1.54) is 19.3 Å². The van der Waals surface area contributed by atoms with Crippen molar-refractivity contribution in [3.63, 3.8) is 0 Å². The second-order valence-corrected chi connectivity index (χ2v) is 6.83. The van der Waals surface area contributed by atoms with Gasteiger partial charge in [0.1, 0.15) is 0 Å². The molecule has 4 nitrogen and oxygen atoms in total. The molecule has 2 atom stereocenters. The smallest absolute Gasteiger partial charge is 0.317 e. The van der Waals surface area contributed by atoms with Crippen molar-refractivity contribution in [2.45, 2.75) is 52.0 Å². The van der Waals surface area contributed by atoms with Crippen LogP contribution < -0.4 is 0 Å². The van der Waals surface area contributed by atoms with Crippen molar-refractivity contribution in [2.24, 2.45) is 11.8 Å². The monoisotopic (exact) mass is 284 g/mol. The van der Waals surface area contributed by atoms with Crippen LogP contribution in [-0.4, -0.2) is 60.6 Å². The molecule has 0 aliphatic heterocycles. The lowest BCUT2D eigenvalue weighted by Crippen LogP contribution is -2.42. The number of rotatable bonds is 7. The van der Waals surface area contributed by atoms with Gasteiger partial charge in [-0.15, -0.1) is 0 Å². The molecular weight excluding hydrogens is 252 g/mol. The van der Waals surface area contributed by atoms with Gasteiger partial charge in [-0.05, 0) is 45.2 Å². The minimum atomic E-state index is -0.701. The van der Waals surface area contributed by atoms with Gasteiger partial charge in [-0.1, -0.05) is 26.7 Å². The fourth-order valence-electron chi connectivity index (χ4n) is 3.24. The van der Waals surface area contributed by atoms with Crippen LogP contribution in [0.25, 0.3) is 0 Å². The van der Waals surface area contributed by atoms with Gasteiger partial charge in [-0.2, -0.15) is 0 Å². The quantitative estimate of drug-likeness (QED) is 0.730. The molecule has 0 saturated heterocycles. The lowest BCUT2D eigenvalue weighted by atomic mass is 9.89. The lowest BCUT2D eigenvalue weighted by Gasteiger charge is -2.31. The van der Waals surface area contributed by atoms with Gasteiger partial charge in [0.05, 0.1) is 6.54 Å². The van der Waals surface area contributed by atoms with Crippen LogP contribution in [0.15, 0.2) is 0 Å². The van der Waals surface area contributed by atoms with E-state index in [9.17, 15) is 4.79 Å². The zero-order valence-electron chi connectivity index (χ0n) is 13.6. The van der Waals surface area contributed by atoms with Crippen LogP contribution >= 0.6 is 0 Å². The van der Waals surface area contributed by atoms with E-state index in [0.29, 0.717) is 6.04 Å². The van der Waals surface area contributed by atoms with E-state index in [-0.39, 0.29) is 6.54 Å². The van der Waals surface area contributed by atoms with Crippen molar-refractivity contribution in [3.8, 4) is 0 Å². The van der Waals surface area contributed by atoms with E-state index in [1.807, 2.05) is 14.1 Å². The van der Waals surface area contributed by atoms with Gasteiger partial charge in [-0.25, -0.2) is 0 Å². The van der Waals surface area contributed by atoms with Crippen LogP contribution in [0.1, 0.15) is 46.0 Å². The molecule has 118 valence electrons. The van der Waals surface area contributed by atoms with Gasteiger partial charge in [0.2, 0.25) is 0 Å². The van der Waals surface area contributed by atoms with Crippen molar-refractivity contribution in [2.75, 3.05) is 33.7 Å². The zero-order chi connectivity index (χ0) is 15.1. The highest BCUT2D eigenvalue weighted by Gasteiger charge is 2.26. The lowest BCUT2D eigenvalue weighted by molar-refractivity contribution is -0.139. The third-order valence-corrected chi connectivity index (χ3v) is 4.61. The highest BCUT2D eigenvalue weighted by atomic mass is 16.4. The molecule has 0 spiro atoms. The van der Waals surface area contributed by atoms with E-state index in [4.69, 9.17) is 5.11 Å². The van der Waals surface area contributed by atoms with Crippen LogP contribution in [0, 0.1) is 11.8 Å². The summed E-state index contributed by atoms with van der Waals surface area (Å²) >= 11 is 0. The van der Waals surface area contributed by atoms with Crippen molar-refractivity contribution < 1.29 is 9.90 Å². The molecule has 1 saturated carbocycles. The van der Waals surface area contributed by atoms with Crippen LogP contribution in [0.4, 0.5) is 0 Å². The van der Waals surface area contributed by atoms with Crippen LogP contribution in [0.2, 0.25) is 0 Å². The number of hydrogen-bond acceptors (Lipinski definition) is 3. The third-order valence-electron chi connectivity index (χ3n) is 4.61. The molecule has 0 aromatic carbocycles. The second kappa shape index (κ2) is 8.63. The van der Waals surface area contributed by atoms with Crippen molar-refractivity contribution in [3.05, 3.63) is 0 Å². The average Bonchev–Trinajstić information content (AvgIpc) is 2.59. The standard InChI is InChI=1S/C16H32N2O2/c1-13(2)14-6-5-7-15(9-8-14)18(12-16(19)20)11-10-17(3)4/h13-15H,5-12H2,1-4H3,(H,19,20). The summed E-state index contributed by atoms with van der Waals surface area (Å²) in [7, 11) is 4.08. The average molecular weight is 284 g/mol. The van der Waals surface area contributed by atoms with Gasteiger partial charge >= 0.3 is 5.97 Å². The Morgan fingerprint density at radius 1 is 1.15 bits per heavy atom.